The number of hydrogen-bond acceptors (Lipinski definition) is 4. The Morgan fingerprint density at radius 3 is 2.64 bits per heavy atom. The molecule has 28 heavy (non-hydrogen) atoms. The molecule has 1 aromatic carbocycles. The van der Waals surface area contributed by atoms with Gasteiger partial charge in [0.15, 0.2) is 6.61 Å². The Kier molecular flexibility index (Phi) is 6.47. The van der Waals surface area contributed by atoms with Gasteiger partial charge in [-0.05, 0) is 51.3 Å². The number of benzene rings is 1. The largest absolute Gasteiger partial charge is 0.454 e. The minimum absolute atomic E-state index is 0.191. The lowest BCUT2D eigenvalue weighted by Crippen LogP contribution is -2.18. The van der Waals surface area contributed by atoms with Gasteiger partial charge >= 0.3 is 5.97 Å². The molecule has 1 aromatic heterocycles. The van der Waals surface area contributed by atoms with E-state index in [1.165, 1.54) is 6.08 Å². The predicted octanol–water partition coefficient (Wildman–Crippen LogP) is 4.03. The van der Waals surface area contributed by atoms with Crippen molar-refractivity contribution in [3.8, 4) is 0 Å². The Morgan fingerprint density at radius 2 is 1.96 bits per heavy atom. The molecule has 3 rings (SSSR count). The Hall–Kier alpha value is -2.66. The monoisotopic (exact) mass is 381 g/mol. The fourth-order valence-corrected chi connectivity index (χ4v) is 3.46. The lowest BCUT2D eigenvalue weighted by atomic mass is 10.1. The van der Waals surface area contributed by atoms with Crippen molar-refractivity contribution in [1.82, 2.24) is 4.57 Å². The molecule has 1 fully saturated rings. The summed E-state index contributed by atoms with van der Waals surface area (Å²) in [6.07, 6.45) is 5.36. The maximum Gasteiger partial charge on any atom is 0.331 e. The Labute approximate surface area is 166 Å². The predicted molar refractivity (Wildman–Crippen MR) is 108 cm³/mol. The van der Waals surface area contributed by atoms with E-state index in [1.54, 1.807) is 6.08 Å². The van der Waals surface area contributed by atoms with E-state index in [0.29, 0.717) is 5.56 Å². The number of carbonyl (C=O) groups excluding carboxylic acids is 2. The van der Waals surface area contributed by atoms with Crippen LogP contribution in [0.4, 0.5) is 0 Å². The van der Waals surface area contributed by atoms with Crippen LogP contribution in [-0.2, 0) is 20.8 Å². The first kappa shape index (κ1) is 20.1. The van der Waals surface area contributed by atoms with Gasteiger partial charge in [-0.3, -0.25) is 4.79 Å². The van der Waals surface area contributed by atoms with E-state index in [-0.39, 0.29) is 18.5 Å². The second-order valence-electron chi connectivity index (χ2n) is 7.31. The topological polar surface area (TPSA) is 57.5 Å². The summed E-state index contributed by atoms with van der Waals surface area (Å²) in [4.78, 5) is 24.5. The van der Waals surface area contributed by atoms with Crippen LogP contribution < -0.4 is 0 Å². The van der Waals surface area contributed by atoms with Crippen molar-refractivity contribution >= 4 is 17.8 Å². The van der Waals surface area contributed by atoms with Crippen LogP contribution >= 0.6 is 0 Å². The summed E-state index contributed by atoms with van der Waals surface area (Å²) in [5.74, 6) is -0.717. The fraction of sp³-hybridized carbons (Fsp3) is 0.391. The van der Waals surface area contributed by atoms with Crippen LogP contribution in [0.2, 0.25) is 0 Å². The zero-order valence-corrected chi connectivity index (χ0v) is 16.7. The summed E-state index contributed by atoms with van der Waals surface area (Å²) in [7, 11) is 0. The van der Waals surface area contributed by atoms with E-state index < -0.39 is 5.97 Å². The molecule has 0 spiro atoms. The van der Waals surface area contributed by atoms with Crippen molar-refractivity contribution in [1.29, 1.82) is 0 Å². The zero-order chi connectivity index (χ0) is 20.1. The van der Waals surface area contributed by atoms with E-state index in [1.807, 2.05) is 51.1 Å². The second-order valence-corrected chi connectivity index (χ2v) is 7.31. The average Bonchev–Trinajstić information content (AvgIpc) is 3.29. The highest BCUT2D eigenvalue weighted by Gasteiger charge is 2.21. The SMILES string of the molecule is Cc1ccc(/C=C/C(=O)OCC(=O)c2cc(C)n(C[C@H]3CCCO3)c2C)cc1. The number of esters is 1. The molecule has 0 N–H and O–H groups in total. The molecule has 148 valence electrons. The first-order chi connectivity index (χ1) is 13.4. The average molecular weight is 381 g/mol. The smallest absolute Gasteiger partial charge is 0.331 e. The summed E-state index contributed by atoms with van der Waals surface area (Å²) < 4.78 is 12.9. The number of hydrogen-bond donors (Lipinski definition) is 0. The molecule has 5 nitrogen and oxygen atoms in total. The number of aryl methyl sites for hydroxylation is 2. The van der Waals surface area contributed by atoms with Crippen molar-refractivity contribution in [2.45, 2.75) is 46.3 Å². The molecule has 0 amide bonds. The Balaban J connectivity index is 1.57. The van der Waals surface area contributed by atoms with Crippen LogP contribution in [0.1, 0.15) is 45.7 Å². The third-order valence-corrected chi connectivity index (χ3v) is 5.12. The second kappa shape index (κ2) is 9.02. The molecule has 1 atom stereocenters. The van der Waals surface area contributed by atoms with Gasteiger partial charge in [0.25, 0.3) is 0 Å². The summed E-state index contributed by atoms with van der Waals surface area (Å²) in [6, 6.07) is 9.66. The van der Waals surface area contributed by atoms with Crippen LogP contribution in [0.5, 0.6) is 0 Å². The van der Waals surface area contributed by atoms with Crippen molar-refractivity contribution in [2.24, 2.45) is 0 Å². The molecular formula is C23H27NO4. The molecule has 0 aliphatic carbocycles. The van der Waals surface area contributed by atoms with Crippen molar-refractivity contribution in [3.63, 3.8) is 0 Å². The normalized spacial score (nSPS) is 16.6. The van der Waals surface area contributed by atoms with Gasteiger partial charge < -0.3 is 14.0 Å². The Bertz CT molecular complexity index is 871. The maximum absolute atomic E-state index is 12.5. The number of nitrogens with zero attached hydrogens (tertiary/aromatic N) is 1. The van der Waals surface area contributed by atoms with E-state index >= 15 is 0 Å². The van der Waals surface area contributed by atoms with Crippen LogP contribution in [0, 0.1) is 20.8 Å². The summed E-state index contributed by atoms with van der Waals surface area (Å²) >= 11 is 0. The van der Waals surface area contributed by atoms with Gasteiger partial charge in [0.1, 0.15) is 0 Å². The highest BCUT2D eigenvalue weighted by atomic mass is 16.5. The lowest BCUT2D eigenvalue weighted by Gasteiger charge is -2.14. The third kappa shape index (κ3) is 4.98. The van der Waals surface area contributed by atoms with Gasteiger partial charge in [0, 0.05) is 36.2 Å². The quantitative estimate of drug-likeness (QED) is 0.413. The van der Waals surface area contributed by atoms with Gasteiger partial charge in [0.05, 0.1) is 6.10 Å². The summed E-state index contributed by atoms with van der Waals surface area (Å²) in [6.45, 7) is 7.21. The lowest BCUT2D eigenvalue weighted by molar-refractivity contribution is -0.136. The Morgan fingerprint density at radius 1 is 1.21 bits per heavy atom. The number of ketones is 1. The van der Waals surface area contributed by atoms with E-state index in [9.17, 15) is 9.59 Å². The molecule has 1 saturated heterocycles. The summed E-state index contributed by atoms with van der Waals surface area (Å²) in [5, 5.41) is 0. The minimum Gasteiger partial charge on any atom is -0.454 e. The van der Waals surface area contributed by atoms with Gasteiger partial charge in [-0.2, -0.15) is 0 Å². The van der Waals surface area contributed by atoms with Crippen LogP contribution in [0.15, 0.2) is 36.4 Å². The highest BCUT2D eigenvalue weighted by Crippen LogP contribution is 2.20. The molecule has 1 aliphatic rings. The number of aromatic nitrogens is 1. The maximum atomic E-state index is 12.5. The molecule has 0 saturated carbocycles. The van der Waals surface area contributed by atoms with Gasteiger partial charge in [-0.25, -0.2) is 4.79 Å². The van der Waals surface area contributed by atoms with Gasteiger partial charge in [0.2, 0.25) is 5.78 Å². The summed E-state index contributed by atoms with van der Waals surface area (Å²) in [5.41, 5.74) is 4.57. The standard InChI is InChI=1S/C23H27NO4/c1-16-6-8-19(9-7-16)10-11-23(26)28-15-22(25)21-13-17(2)24(18(21)3)14-20-5-4-12-27-20/h6-11,13,20H,4-5,12,14-15H2,1-3H3/b11-10+/t20-/m1/s1. The van der Waals surface area contributed by atoms with Gasteiger partial charge in [-0.15, -0.1) is 0 Å². The van der Waals surface area contributed by atoms with Crippen molar-refractivity contribution < 1.29 is 19.1 Å². The van der Waals surface area contributed by atoms with Crippen LogP contribution in [-0.4, -0.2) is 35.6 Å². The van der Waals surface area contributed by atoms with Crippen molar-refractivity contribution in [3.05, 3.63) is 64.5 Å². The molecule has 0 radical (unpaired) electrons. The molecule has 2 aromatic rings. The zero-order valence-electron chi connectivity index (χ0n) is 16.7. The van der Waals surface area contributed by atoms with Crippen LogP contribution in [0.25, 0.3) is 6.08 Å². The number of rotatable bonds is 7. The first-order valence-corrected chi connectivity index (χ1v) is 9.67. The molecule has 2 heterocycles. The third-order valence-electron chi connectivity index (χ3n) is 5.12. The molecule has 0 unspecified atom stereocenters. The molecule has 5 heteroatoms. The van der Waals surface area contributed by atoms with E-state index in [0.717, 1.165) is 48.5 Å². The fourth-order valence-electron chi connectivity index (χ4n) is 3.46. The number of carbonyl (C=O) groups is 2. The minimum atomic E-state index is -0.526. The van der Waals surface area contributed by atoms with Crippen molar-refractivity contribution in [2.75, 3.05) is 13.2 Å². The van der Waals surface area contributed by atoms with E-state index in [2.05, 4.69) is 4.57 Å². The number of ether oxygens (including phenoxy) is 2. The van der Waals surface area contributed by atoms with Crippen LogP contribution in [0.3, 0.4) is 0 Å². The molecular weight excluding hydrogens is 354 g/mol. The van der Waals surface area contributed by atoms with Gasteiger partial charge in [-0.1, -0.05) is 29.8 Å². The highest BCUT2D eigenvalue weighted by molar-refractivity contribution is 6.00. The first-order valence-electron chi connectivity index (χ1n) is 9.67. The molecule has 0 bridgehead atoms. The van der Waals surface area contributed by atoms with E-state index in [4.69, 9.17) is 9.47 Å². The number of Topliss-reactive ketones (excluding diaryl/α,β-unsaturated/α-hetero) is 1. The molecule has 1 aliphatic heterocycles.